The molecular formula is C32H36N2O5S. The van der Waals surface area contributed by atoms with Crippen LogP contribution in [0.15, 0.2) is 71.6 Å². The zero-order chi connectivity index (χ0) is 29.7. The molecule has 2 N–H and O–H groups in total. The first-order valence-corrected chi connectivity index (χ1v) is 13.8. The molecule has 0 spiro atoms. The summed E-state index contributed by atoms with van der Waals surface area (Å²) >= 11 is 0.894. The van der Waals surface area contributed by atoms with Gasteiger partial charge in [0.1, 0.15) is 12.0 Å². The lowest BCUT2D eigenvalue weighted by Crippen LogP contribution is -2.38. The van der Waals surface area contributed by atoms with Crippen LogP contribution in [0.25, 0.3) is 0 Å². The van der Waals surface area contributed by atoms with Gasteiger partial charge in [0.05, 0.1) is 18.5 Å². The van der Waals surface area contributed by atoms with E-state index in [1.807, 2.05) is 71.9 Å². The van der Waals surface area contributed by atoms with Gasteiger partial charge in [-0.3, -0.25) is 14.4 Å². The Hall–Kier alpha value is -3.91. The molecule has 0 saturated carbocycles. The lowest BCUT2D eigenvalue weighted by atomic mass is 9.79. The van der Waals surface area contributed by atoms with Crippen molar-refractivity contribution in [1.82, 2.24) is 0 Å². The van der Waals surface area contributed by atoms with E-state index in [-0.39, 0.29) is 22.3 Å². The van der Waals surface area contributed by atoms with Crippen LogP contribution >= 0.6 is 11.8 Å². The molecular weight excluding hydrogens is 524 g/mol. The number of hydrogen-bond acceptors (Lipinski definition) is 7. The monoisotopic (exact) mass is 560 g/mol. The van der Waals surface area contributed by atoms with Gasteiger partial charge in [0.2, 0.25) is 16.9 Å². The van der Waals surface area contributed by atoms with Crippen molar-refractivity contribution in [3.05, 3.63) is 77.9 Å². The van der Waals surface area contributed by atoms with Crippen LogP contribution in [0.2, 0.25) is 0 Å². The number of phenolic OH excluding ortho intramolecular Hbond substituents is 1. The molecule has 8 heteroatoms. The van der Waals surface area contributed by atoms with E-state index in [0.29, 0.717) is 22.3 Å². The van der Waals surface area contributed by atoms with Crippen LogP contribution in [0.5, 0.6) is 5.75 Å². The third-order valence-electron chi connectivity index (χ3n) is 6.17. The van der Waals surface area contributed by atoms with Gasteiger partial charge in [-0.2, -0.15) is 0 Å². The molecule has 0 radical (unpaired) electrons. The Morgan fingerprint density at radius 3 is 1.85 bits per heavy atom. The Bertz CT molecular complexity index is 1350. The number of aromatic hydroxyl groups is 1. The number of imide groups is 1. The Morgan fingerprint density at radius 1 is 0.825 bits per heavy atom. The summed E-state index contributed by atoms with van der Waals surface area (Å²) in [7, 11) is 0. The first-order chi connectivity index (χ1) is 18.7. The molecule has 0 saturated heterocycles. The normalized spacial score (nSPS) is 11.6. The number of anilines is 3. The van der Waals surface area contributed by atoms with Crippen LogP contribution in [0, 0.1) is 0 Å². The molecule has 0 bridgehead atoms. The zero-order valence-electron chi connectivity index (χ0n) is 23.8. The van der Waals surface area contributed by atoms with Gasteiger partial charge in [0.25, 0.3) is 0 Å². The first-order valence-electron chi connectivity index (χ1n) is 13.0. The molecule has 0 heterocycles. The summed E-state index contributed by atoms with van der Waals surface area (Å²) in [5.41, 5.74) is 2.54. The van der Waals surface area contributed by atoms with Crippen LogP contribution in [0.4, 0.5) is 17.1 Å². The van der Waals surface area contributed by atoms with E-state index >= 15 is 0 Å². The summed E-state index contributed by atoms with van der Waals surface area (Å²) in [5.74, 6) is -1.24. The summed E-state index contributed by atoms with van der Waals surface area (Å²) in [6, 6.07) is 19.7. The van der Waals surface area contributed by atoms with Crippen molar-refractivity contribution in [3.8, 4) is 5.75 Å². The second-order valence-corrected chi connectivity index (χ2v) is 12.7. The first kappa shape index (κ1) is 30.6. The number of carbonyl (C=O) groups excluding carboxylic acids is 4. The number of benzene rings is 3. The maximum absolute atomic E-state index is 13.2. The van der Waals surface area contributed by atoms with Crippen LogP contribution in [0.3, 0.4) is 0 Å². The molecule has 0 fully saturated rings. The fourth-order valence-electron chi connectivity index (χ4n) is 4.15. The van der Waals surface area contributed by atoms with Crippen molar-refractivity contribution in [2.75, 3.05) is 10.2 Å². The van der Waals surface area contributed by atoms with Gasteiger partial charge in [-0.25, -0.2) is 4.90 Å². The van der Waals surface area contributed by atoms with Gasteiger partial charge in [0.15, 0.2) is 0 Å². The van der Waals surface area contributed by atoms with E-state index in [4.69, 9.17) is 0 Å². The average Bonchev–Trinajstić information content (AvgIpc) is 2.85. The van der Waals surface area contributed by atoms with Crippen molar-refractivity contribution in [3.63, 3.8) is 0 Å². The number of nitrogens with zero attached hydrogens (tertiary/aromatic N) is 1. The van der Waals surface area contributed by atoms with Crippen LogP contribution in [-0.2, 0) is 30.0 Å². The fraction of sp³-hybridized carbons (Fsp3) is 0.312. The maximum Gasteiger partial charge on any atom is 0.242 e. The third-order valence-corrected chi connectivity index (χ3v) is 7.01. The van der Waals surface area contributed by atoms with Crippen molar-refractivity contribution >= 4 is 52.0 Å². The highest BCUT2D eigenvalue weighted by Crippen LogP contribution is 2.42. The van der Waals surface area contributed by atoms with Crippen molar-refractivity contribution < 1.29 is 24.3 Å². The molecule has 2 amide bonds. The molecule has 0 aromatic heterocycles. The molecule has 0 unspecified atom stereocenters. The molecule has 40 heavy (non-hydrogen) atoms. The minimum atomic E-state index is -0.723. The number of aldehydes is 1. The minimum absolute atomic E-state index is 0.198. The Morgan fingerprint density at radius 2 is 1.35 bits per heavy atom. The summed E-state index contributed by atoms with van der Waals surface area (Å²) in [5, 5.41) is 13.7. The average molecular weight is 561 g/mol. The quantitative estimate of drug-likeness (QED) is 0.176. The molecule has 210 valence electrons. The van der Waals surface area contributed by atoms with Gasteiger partial charge < -0.3 is 15.2 Å². The van der Waals surface area contributed by atoms with Crippen molar-refractivity contribution in [2.45, 2.75) is 70.1 Å². The van der Waals surface area contributed by atoms with Crippen molar-refractivity contribution in [1.29, 1.82) is 0 Å². The lowest BCUT2D eigenvalue weighted by molar-refractivity contribution is -0.128. The summed E-state index contributed by atoms with van der Waals surface area (Å²) in [4.78, 5) is 51.6. The van der Waals surface area contributed by atoms with Crippen molar-refractivity contribution in [2.24, 2.45) is 0 Å². The molecule has 0 atom stereocenters. The lowest BCUT2D eigenvalue weighted by Gasteiger charge is -2.28. The van der Waals surface area contributed by atoms with E-state index in [9.17, 15) is 24.3 Å². The largest absolute Gasteiger partial charge is 0.507 e. The molecule has 3 aromatic carbocycles. The second-order valence-electron chi connectivity index (χ2n) is 11.5. The van der Waals surface area contributed by atoms with Crippen LogP contribution in [0.1, 0.15) is 65.5 Å². The number of para-hydroxylation sites is 1. The van der Waals surface area contributed by atoms with Gasteiger partial charge in [-0.15, -0.1) is 0 Å². The Balaban J connectivity index is 1.83. The standard InChI is InChI=1S/C32H36N2O5S/c1-31(2,3)25-18-24(19-26(30(25)39)32(4,5)6)40-29(38)20-28(37)34(27(36)16-17-35)23-14-12-22(13-15-23)33-21-10-8-7-9-11-21/h7-15,17-19,33,39H,16,20H2,1-6H3. The molecule has 0 aliphatic rings. The highest BCUT2D eigenvalue weighted by Gasteiger charge is 2.29. The SMILES string of the molecule is CC(C)(C)c1cc(SC(=O)CC(=O)N(C(=O)CC=O)c2ccc(Nc3ccccc3)cc2)cc(C(C)(C)C)c1O. The minimum Gasteiger partial charge on any atom is -0.507 e. The number of phenols is 1. The van der Waals surface area contributed by atoms with E-state index in [1.165, 1.54) is 0 Å². The molecule has 0 aliphatic heterocycles. The summed E-state index contributed by atoms with van der Waals surface area (Å²) in [6.07, 6.45) is -0.599. The maximum atomic E-state index is 13.2. The summed E-state index contributed by atoms with van der Waals surface area (Å²) in [6.45, 7) is 11.9. The van der Waals surface area contributed by atoms with E-state index in [1.54, 1.807) is 36.4 Å². The molecule has 3 rings (SSSR count). The smallest absolute Gasteiger partial charge is 0.242 e. The number of carbonyl (C=O) groups is 4. The zero-order valence-corrected chi connectivity index (χ0v) is 24.6. The number of rotatable bonds is 8. The topological polar surface area (TPSA) is 104 Å². The molecule has 3 aromatic rings. The van der Waals surface area contributed by atoms with Crippen LogP contribution in [-0.4, -0.2) is 28.3 Å². The van der Waals surface area contributed by atoms with Gasteiger partial charge in [-0.05, 0) is 59.4 Å². The van der Waals surface area contributed by atoms with E-state index in [2.05, 4.69) is 5.32 Å². The highest BCUT2D eigenvalue weighted by atomic mass is 32.2. The fourth-order valence-corrected chi connectivity index (χ4v) is 4.96. The van der Waals surface area contributed by atoms with Gasteiger partial charge in [-0.1, -0.05) is 71.5 Å². The van der Waals surface area contributed by atoms with Crippen LogP contribution < -0.4 is 10.2 Å². The Kier molecular flexibility index (Phi) is 9.58. The third kappa shape index (κ3) is 7.82. The predicted molar refractivity (Wildman–Crippen MR) is 160 cm³/mol. The van der Waals surface area contributed by atoms with E-state index < -0.39 is 29.8 Å². The van der Waals surface area contributed by atoms with E-state index in [0.717, 1.165) is 28.0 Å². The predicted octanol–water partition coefficient (Wildman–Crippen LogP) is 6.89. The number of hydrogen-bond donors (Lipinski definition) is 2. The highest BCUT2D eigenvalue weighted by molar-refractivity contribution is 8.13. The number of thioether (sulfide) groups is 1. The summed E-state index contributed by atoms with van der Waals surface area (Å²) < 4.78 is 0. The Labute approximate surface area is 240 Å². The second kappa shape index (κ2) is 12.5. The van der Waals surface area contributed by atoms with Gasteiger partial charge >= 0.3 is 0 Å². The number of amides is 2. The molecule has 0 aliphatic carbocycles. The molecule has 7 nitrogen and oxygen atoms in total. The number of nitrogens with one attached hydrogen (secondary N) is 1. The van der Waals surface area contributed by atoms with Gasteiger partial charge in [0, 0.05) is 27.4 Å².